The lowest BCUT2D eigenvalue weighted by Crippen LogP contribution is -2.25. The number of rotatable bonds is 3. The van der Waals surface area contributed by atoms with Gasteiger partial charge in [-0.05, 0) is 12.1 Å². The molecule has 86 valence electrons. The molecule has 0 bridgehead atoms. The Morgan fingerprint density at radius 1 is 1.50 bits per heavy atom. The second-order valence-electron chi connectivity index (χ2n) is 2.95. The number of para-hydroxylation sites is 1. The molecule has 1 aromatic carbocycles. The number of nitrogens with two attached hydrogens (primary N) is 1. The summed E-state index contributed by atoms with van der Waals surface area (Å²) in [7, 11) is 1.45. The van der Waals surface area contributed by atoms with E-state index < -0.39 is 11.9 Å². The highest BCUT2D eigenvalue weighted by molar-refractivity contribution is 6.33. The number of nitrogens with one attached hydrogen (secondary N) is 1. The fraction of sp³-hybridized carbons (Fsp3) is 0.200. The molecule has 0 spiro atoms. The molecule has 0 saturated heterocycles. The number of carbonyl (C=O) groups is 2. The third kappa shape index (κ3) is 2.87. The molecule has 16 heavy (non-hydrogen) atoms. The molecule has 5 nitrogen and oxygen atoms in total. The summed E-state index contributed by atoms with van der Waals surface area (Å²) in [6.07, 6.45) is 0. The van der Waals surface area contributed by atoms with Crippen molar-refractivity contribution >= 4 is 29.2 Å². The fourth-order valence-electron chi connectivity index (χ4n) is 0.996. The molecule has 6 heteroatoms. The van der Waals surface area contributed by atoms with E-state index in [1.807, 2.05) is 0 Å². The van der Waals surface area contributed by atoms with Crippen molar-refractivity contribution < 1.29 is 14.3 Å². The van der Waals surface area contributed by atoms with Crippen LogP contribution in [0.25, 0.3) is 0 Å². The SMILES string of the molecule is CNC(=O)COC(=O)c1cccc(Cl)c1N. The van der Waals surface area contributed by atoms with Gasteiger partial charge in [0.15, 0.2) is 6.61 Å². The molecule has 1 aromatic rings. The van der Waals surface area contributed by atoms with Crippen LogP contribution in [0.5, 0.6) is 0 Å². The van der Waals surface area contributed by atoms with Crippen molar-refractivity contribution in [3.8, 4) is 0 Å². The average Bonchev–Trinajstić information content (AvgIpc) is 2.29. The normalized spacial score (nSPS) is 9.62. The number of ether oxygens (including phenoxy) is 1. The van der Waals surface area contributed by atoms with Crippen LogP contribution in [-0.2, 0) is 9.53 Å². The van der Waals surface area contributed by atoms with Crippen LogP contribution in [0.4, 0.5) is 5.69 Å². The Labute approximate surface area is 97.5 Å². The number of carbonyl (C=O) groups excluding carboxylic acids is 2. The Hall–Kier alpha value is -1.75. The summed E-state index contributed by atoms with van der Waals surface area (Å²) in [6, 6.07) is 4.62. The standard InChI is InChI=1S/C10H11ClN2O3/c1-13-8(14)5-16-10(15)6-3-2-4-7(11)9(6)12/h2-4H,5,12H2,1H3,(H,13,14). The van der Waals surface area contributed by atoms with Gasteiger partial charge in [-0.25, -0.2) is 4.79 Å². The minimum atomic E-state index is -0.677. The topological polar surface area (TPSA) is 81.4 Å². The molecule has 0 unspecified atom stereocenters. The first-order valence-corrected chi connectivity index (χ1v) is 4.85. The first kappa shape index (κ1) is 12.3. The molecule has 0 heterocycles. The lowest BCUT2D eigenvalue weighted by atomic mass is 10.2. The molecule has 0 radical (unpaired) electrons. The lowest BCUT2D eigenvalue weighted by Gasteiger charge is -2.07. The van der Waals surface area contributed by atoms with E-state index in [-0.39, 0.29) is 22.9 Å². The Morgan fingerprint density at radius 3 is 2.81 bits per heavy atom. The summed E-state index contributed by atoms with van der Waals surface area (Å²) in [5.74, 6) is -1.07. The van der Waals surface area contributed by atoms with Gasteiger partial charge in [0, 0.05) is 7.05 Å². The molecule has 0 atom stereocenters. The molecule has 0 aliphatic heterocycles. The van der Waals surface area contributed by atoms with Gasteiger partial charge in [-0.1, -0.05) is 17.7 Å². The highest BCUT2D eigenvalue weighted by atomic mass is 35.5. The summed E-state index contributed by atoms with van der Waals surface area (Å²) in [5.41, 5.74) is 5.88. The quantitative estimate of drug-likeness (QED) is 0.608. The summed E-state index contributed by atoms with van der Waals surface area (Å²) in [4.78, 5) is 22.4. The number of esters is 1. The van der Waals surface area contributed by atoms with Crippen molar-refractivity contribution in [2.45, 2.75) is 0 Å². The van der Waals surface area contributed by atoms with Crippen molar-refractivity contribution in [1.82, 2.24) is 5.32 Å². The van der Waals surface area contributed by atoms with E-state index in [9.17, 15) is 9.59 Å². The van der Waals surface area contributed by atoms with Crippen LogP contribution in [0, 0.1) is 0 Å². The van der Waals surface area contributed by atoms with Crippen LogP contribution in [0.1, 0.15) is 10.4 Å². The molecule has 0 saturated carbocycles. The Morgan fingerprint density at radius 2 is 2.19 bits per heavy atom. The van der Waals surface area contributed by atoms with Gasteiger partial charge in [0.25, 0.3) is 5.91 Å². The van der Waals surface area contributed by atoms with E-state index in [0.29, 0.717) is 0 Å². The number of halogens is 1. The number of likely N-dealkylation sites (N-methyl/N-ethyl adjacent to an activating group) is 1. The van der Waals surface area contributed by atoms with Gasteiger partial charge in [-0.2, -0.15) is 0 Å². The van der Waals surface area contributed by atoms with Crippen LogP contribution in [-0.4, -0.2) is 25.5 Å². The fourth-order valence-corrected chi connectivity index (χ4v) is 1.17. The molecule has 0 aliphatic carbocycles. The average molecular weight is 243 g/mol. The number of amides is 1. The van der Waals surface area contributed by atoms with Gasteiger partial charge in [0.05, 0.1) is 16.3 Å². The van der Waals surface area contributed by atoms with E-state index in [4.69, 9.17) is 22.1 Å². The smallest absolute Gasteiger partial charge is 0.340 e. The molecule has 0 fully saturated rings. The second-order valence-corrected chi connectivity index (χ2v) is 3.36. The zero-order valence-corrected chi connectivity index (χ0v) is 9.38. The predicted octanol–water partition coefficient (Wildman–Crippen LogP) is 0.825. The minimum absolute atomic E-state index is 0.145. The number of anilines is 1. The molecular weight excluding hydrogens is 232 g/mol. The summed E-state index contributed by atoms with van der Waals surface area (Å²) in [5, 5.41) is 2.60. The Kier molecular flexibility index (Phi) is 4.13. The zero-order chi connectivity index (χ0) is 12.1. The zero-order valence-electron chi connectivity index (χ0n) is 8.62. The van der Waals surface area contributed by atoms with Crippen LogP contribution in [0.15, 0.2) is 18.2 Å². The summed E-state index contributed by atoms with van der Waals surface area (Å²) >= 11 is 5.74. The third-order valence-corrected chi connectivity index (χ3v) is 2.22. The van der Waals surface area contributed by atoms with Crippen molar-refractivity contribution in [2.75, 3.05) is 19.4 Å². The lowest BCUT2D eigenvalue weighted by molar-refractivity contribution is -0.123. The molecule has 3 N–H and O–H groups in total. The first-order chi connectivity index (χ1) is 7.56. The Balaban J connectivity index is 2.74. The van der Waals surface area contributed by atoms with Gasteiger partial charge in [-0.15, -0.1) is 0 Å². The van der Waals surface area contributed by atoms with Crippen molar-refractivity contribution in [1.29, 1.82) is 0 Å². The van der Waals surface area contributed by atoms with Crippen molar-refractivity contribution in [2.24, 2.45) is 0 Å². The monoisotopic (exact) mass is 242 g/mol. The molecule has 0 aliphatic rings. The van der Waals surface area contributed by atoms with Crippen molar-refractivity contribution in [3.05, 3.63) is 28.8 Å². The predicted molar refractivity (Wildman–Crippen MR) is 60.2 cm³/mol. The molecular formula is C10H11ClN2O3. The Bertz CT molecular complexity index is 421. The van der Waals surface area contributed by atoms with Gasteiger partial charge in [-0.3, -0.25) is 4.79 Å². The van der Waals surface area contributed by atoms with Crippen LogP contribution >= 0.6 is 11.6 Å². The highest BCUT2D eigenvalue weighted by Crippen LogP contribution is 2.22. The van der Waals surface area contributed by atoms with Crippen molar-refractivity contribution in [3.63, 3.8) is 0 Å². The molecule has 0 aromatic heterocycles. The van der Waals surface area contributed by atoms with E-state index in [2.05, 4.69) is 5.32 Å². The first-order valence-electron chi connectivity index (χ1n) is 4.48. The van der Waals surface area contributed by atoms with Gasteiger partial charge in [0.1, 0.15) is 0 Å². The maximum atomic E-state index is 11.5. The third-order valence-electron chi connectivity index (χ3n) is 1.89. The second kappa shape index (κ2) is 5.37. The van der Waals surface area contributed by atoms with Gasteiger partial charge < -0.3 is 15.8 Å². The summed E-state index contributed by atoms with van der Waals surface area (Å²) in [6.45, 7) is -0.346. The highest BCUT2D eigenvalue weighted by Gasteiger charge is 2.14. The molecule has 1 rings (SSSR count). The maximum absolute atomic E-state index is 11.5. The largest absolute Gasteiger partial charge is 0.452 e. The van der Waals surface area contributed by atoms with E-state index in [1.54, 1.807) is 12.1 Å². The number of benzene rings is 1. The van der Waals surface area contributed by atoms with Crippen LogP contribution in [0.2, 0.25) is 5.02 Å². The summed E-state index contributed by atoms with van der Waals surface area (Å²) < 4.78 is 4.73. The number of nitrogen functional groups attached to an aromatic ring is 1. The number of hydrogen-bond donors (Lipinski definition) is 2. The van der Waals surface area contributed by atoms with E-state index in [0.717, 1.165) is 0 Å². The van der Waals surface area contributed by atoms with Crippen LogP contribution < -0.4 is 11.1 Å². The minimum Gasteiger partial charge on any atom is -0.452 e. The molecule has 1 amide bonds. The van der Waals surface area contributed by atoms with Crippen LogP contribution in [0.3, 0.4) is 0 Å². The maximum Gasteiger partial charge on any atom is 0.340 e. The van der Waals surface area contributed by atoms with E-state index in [1.165, 1.54) is 13.1 Å². The van der Waals surface area contributed by atoms with Gasteiger partial charge >= 0.3 is 5.97 Å². The number of hydrogen-bond acceptors (Lipinski definition) is 4. The van der Waals surface area contributed by atoms with Gasteiger partial charge in [0.2, 0.25) is 0 Å². The van der Waals surface area contributed by atoms with E-state index >= 15 is 0 Å².